The van der Waals surface area contributed by atoms with E-state index in [1.807, 2.05) is 55.5 Å². The molecule has 0 radical (unpaired) electrons. The van der Waals surface area contributed by atoms with Crippen molar-refractivity contribution in [1.82, 2.24) is 4.57 Å². The van der Waals surface area contributed by atoms with Crippen LogP contribution < -0.4 is 9.80 Å². The zero-order valence-electron chi connectivity index (χ0n) is 30.0. The monoisotopic (exact) mass is 701 g/mol. The molecule has 0 spiro atoms. The van der Waals surface area contributed by atoms with E-state index in [0.717, 1.165) is 62.3 Å². The van der Waals surface area contributed by atoms with Gasteiger partial charge in [0.2, 0.25) is 0 Å². The van der Waals surface area contributed by atoms with Crippen LogP contribution in [0, 0.1) is 0 Å². The molecule has 0 atom stereocenters. The number of esters is 1. The van der Waals surface area contributed by atoms with E-state index in [1.54, 1.807) is 0 Å². The molecule has 5 nitrogen and oxygen atoms in total. The topological polar surface area (TPSA) is 37.7 Å². The van der Waals surface area contributed by atoms with Crippen LogP contribution in [-0.2, 0) is 4.74 Å². The van der Waals surface area contributed by atoms with Crippen LogP contribution in [0.25, 0.3) is 28.2 Å². The van der Waals surface area contributed by atoms with Gasteiger partial charge < -0.3 is 19.1 Å². The summed E-state index contributed by atoms with van der Waals surface area (Å²) >= 11 is 0. The van der Waals surface area contributed by atoms with E-state index >= 15 is 0 Å². The molecular formula is C49H39N3O2. The molecule has 8 rings (SSSR count). The van der Waals surface area contributed by atoms with Gasteiger partial charge in [0, 0.05) is 39.8 Å². The van der Waals surface area contributed by atoms with Gasteiger partial charge in [0.25, 0.3) is 0 Å². The average molecular weight is 702 g/mol. The first-order valence-corrected chi connectivity index (χ1v) is 18.2. The summed E-state index contributed by atoms with van der Waals surface area (Å²) in [4.78, 5) is 17.1. The van der Waals surface area contributed by atoms with Gasteiger partial charge in [-0.3, -0.25) is 0 Å². The standard InChI is InChI=1S/C49H39N3O2/c1-2-54-49(53)39-27-33-46(34-28-39)52-47(37-23-29-44(30-24-37)50(40-15-7-3-8-16-40)41-17-9-4-10-18-41)35-36-48(52)38-25-31-45(32-26-38)51(42-19-11-5-12-20-42)43-21-13-6-14-22-43/h3-36H,2H2,1H3. The molecule has 5 heteroatoms. The van der Waals surface area contributed by atoms with Crippen LogP contribution in [0.4, 0.5) is 34.1 Å². The largest absolute Gasteiger partial charge is 0.462 e. The van der Waals surface area contributed by atoms with Gasteiger partial charge >= 0.3 is 5.97 Å². The van der Waals surface area contributed by atoms with Crippen LogP contribution >= 0.6 is 0 Å². The number of nitrogens with zero attached hydrogens (tertiary/aromatic N) is 3. The highest BCUT2D eigenvalue weighted by atomic mass is 16.5. The van der Waals surface area contributed by atoms with Gasteiger partial charge in [0.05, 0.1) is 23.6 Å². The Kier molecular flexibility index (Phi) is 9.85. The third-order valence-electron chi connectivity index (χ3n) is 9.42. The average Bonchev–Trinajstić information content (AvgIpc) is 3.69. The molecule has 0 aliphatic rings. The van der Waals surface area contributed by atoms with Crippen LogP contribution in [-0.4, -0.2) is 17.1 Å². The fraction of sp³-hybridized carbons (Fsp3) is 0.0408. The van der Waals surface area contributed by atoms with Crippen molar-refractivity contribution in [3.05, 3.63) is 212 Å². The minimum absolute atomic E-state index is 0.328. The van der Waals surface area contributed by atoms with Gasteiger partial charge in [0.1, 0.15) is 0 Å². The third kappa shape index (κ3) is 7.03. The Morgan fingerprint density at radius 3 is 1.09 bits per heavy atom. The molecule has 0 saturated carbocycles. The minimum Gasteiger partial charge on any atom is -0.462 e. The number of ether oxygens (including phenoxy) is 1. The van der Waals surface area contributed by atoms with E-state index in [2.05, 4.69) is 172 Å². The Labute approximate surface area is 316 Å². The molecule has 0 aliphatic carbocycles. The van der Waals surface area contributed by atoms with Crippen molar-refractivity contribution in [2.24, 2.45) is 0 Å². The van der Waals surface area contributed by atoms with Crippen LogP contribution in [0.2, 0.25) is 0 Å². The number of para-hydroxylation sites is 4. The van der Waals surface area contributed by atoms with Gasteiger partial charge in [-0.2, -0.15) is 0 Å². The lowest BCUT2D eigenvalue weighted by molar-refractivity contribution is 0.0526. The lowest BCUT2D eigenvalue weighted by Crippen LogP contribution is -2.09. The maximum absolute atomic E-state index is 12.6. The summed E-state index contributed by atoms with van der Waals surface area (Å²) < 4.78 is 7.54. The molecule has 0 fully saturated rings. The summed E-state index contributed by atoms with van der Waals surface area (Å²) in [5.41, 5.74) is 12.1. The quantitative estimate of drug-likeness (QED) is 0.126. The van der Waals surface area contributed by atoms with Crippen molar-refractivity contribution in [3.8, 4) is 28.2 Å². The first-order valence-electron chi connectivity index (χ1n) is 18.2. The molecule has 0 aliphatic heterocycles. The third-order valence-corrected chi connectivity index (χ3v) is 9.42. The Bertz CT molecular complexity index is 2200. The number of aromatic nitrogens is 1. The number of rotatable bonds is 11. The second-order valence-corrected chi connectivity index (χ2v) is 12.8. The molecule has 1 heterocycles. The van der Waals surface area contributed by atoms with E-state index in [0.29, 0.717) is 12.2 Å². The van der Waals surface area contributed by atoms with Crippen LogP contribution in [0.5, 0.6) is 0 Å². The van der Waals surface area contributed by atoms with Gasteiger partial charge in [-0.15, -0.1) is 0 Å². The maximum Gasteiger partial charge on any atom is 0.338 e. The summed E-state index contributed by atoms with van der Waals surface area (Å²) in [5, 5.41) is 0. The number of benzene rings is 7. The Hall–Kier alpha value is -7.11. The Balaban J connectivity index is 1.20. The zero-order valence-corrected chi connectivity index (χ0v) is 30.0. The normalized spacial score (nSPS) is 10.8. The minimum atomic E-state index is -0.328. The molecule has 7 aromatic carbocycles. The molecule has 262 valence electrons. The first kappa shape index (κ1) is 34.0. The van der Waals surface area contributed by atoms with Crippen molar-refractivity contribution in [3.63, 3.8) is 0 Å². The number of hydrogen-bond donors (Lipinski definition) is 0. The van der Waals surface area contributed by atoms with E-state index in [1.165, 1.54) is 0 Å². The van der Waals surface area contributed by atoms with Crippen molar-refractivity contribution in [2.75, 3.05) is 16.4 Å². The summed E-state index contributed by atoms with van der Waals surface area (Å²) in [5.74, 6) is -0.328. The van der Waals surface area contributed by atoms with Crippen molar-refractivity contribution < 1.29 is 9.53 Å². The van der Waals surface area contributed by atoms with Gasteiger partial charge in [-0.25, -0.2) is 4.79 Å². The smallest absolute Gasteiger partial charge is 0.338 e. The summed E-state index contributed by atoms with van der Waals surface area (Å²) in [6.07, 6.45) is 0. The Morgan fingerprint density at radius 2 is 0.759 bits per heavy atom. The summed E-state index contributed by atoms with van der Waals surface area (Å²) in [6.45, 7) is 2.15. The number of carbonyl (C=O) groups excluding carboxylic acids is 1. The maximum atomic E-state index is 12.6. The molecule has 0 saturated heterocycles. The summed E-state index contributed by atoms with van der Waals surface area (Å²) in [6, 6.07) is 71.1. The fourth-order valence-corrected chi connectivity index (χ4v) is 6.89. The lowest BCUT2D eigenvalue weighted by Gasteiger charge is -2.26. The SMILES string of the molecule is CCOC(=O)c1ccc(-n2c(-c3ccc(N(c4ccccc4)c4ccccc4)cc3)ccc2-c2ccc(N(c3ccccc3)c3ccccc3)cc2)cc1. The molecule has 0 unspecified atom stereocenters. The summed E-state index contributed by atoms with van der Waals surface area (Å²) in [7, 11) is 0. The molecular weight excluding hydrogens is 663 g/mol. The highest BCUT2D eigenvalue weighted by Crippen LogP contribution is 2.39. The Morgan fingerprint density at radius 1 is 0.426 bits per heavy atom. The number of carbonyl (C=O) groups is 1. The molecule has 0 amide bonds. The van der Waals surface area contributed by atoms with E-state index < -0.39 is 0 Å². The van der Waals surface area contributed by atoms with Gasteiger partial charge in [0.15, 0.2) is 0 Å². The second kappa shape index (κ2) is 15.6. The molecule has 8 aromatic rings. The number of hydrogen-bond acceptors (Lipinski definition) is 4. The molecule has 54 heavy (non-hydrogen) atoms. The van der Waals surface area contributed by atoms with Gasteiger partial charge in [-0.1, -0.05) is 97.1 Å². The van der Waals surface area contributed by atoms with Crippen LogP contribution in [0.3, 0.4) is 0 Å². The predicted molar refractivity (Wildman–Crippen MR) is 222 cm³/mol. The van der Waals surface area contributed by atoms with Crippen molar-refractivity contribution in [2.45, 2.75) is 6.92 Å². The fourth-order valence-electron chi connectivity index (χ4n) is 6.89. The van der Waals surface area contributed by atoms with E-state index in [4.69, 9.17) is 4.74 Å². The highest BCUT2D eigenvalue weighted by Gasteiger charge is 2.18. The zero-order chi connectivity index (χ0) is 36.7. The second-order valence-electron chi connectivity index (χ2n) is 12.8. The van der Waals surface area contributed by atoms with Crippen molar-refractivity contribution >= 4 is 40.1 Å². The van der Waals surface area contributed by atoms with Crippen LogP contribution in [0.1, 0.15) is 17.3 Å². The molecule has 0 N–H and O–H groups in total. The predicted octanol–water partition coefficient (Wildman–Crippen LogP) is 12.9. The molecule has 0 bridgehead atoms. The lowest BCUT2D eigenvalue weighted by atomic mass is 10.1. The highest BCUT2D eigenvalue weighted by molar-refractivity contribution is 5.90. The molecule has 1 aromatic heterocycles. The van der Waals surface area contributed by atoms with Crippen molar-refractivity contribution in [1.29, 1.82) is 0 Å². The van der Waals surface area contributed by atoms with Gasteiger partial charge in [-0.05, 0) is 127 Å². The van der Waals surface area contributed by atoms with E-state index in [-0.39, 0.29) is 5.97 Å². The van der Waals surface area contributed by atoms with Crippen LogP contribution in [0.15, 0.2) is 206 Å². The van der Waals surface area contributed by atoms with E-state index in [9.17, 15) is 4.79 Å². The first-order chi connectivity index (χ1) is 26.7. The number of anilines is 6.